The second kappa shape index (κ2) is 7.03. The molecule has 0 bridgehead atoms. The molecule has 136 valence electrons. The fourth-order valence-corrected chi connectivity index (χ4v) is 3.13. The molecule has 0 unspecified atom stereocenters. The molecule has 3 aromatic heterocycles. The van der Waals surface area contributed by atoms with Crippen LogP contribution in [-0.2, 0) is 0 Å². The SMILES string of the molecule is C=C(N[C@H](CC)c1cn[nH]c1)c1cncc2c1cnn2-c1ccc(F)cc1. The lowest BCUT2D eigenvalue weighted by Gasteiger charge is -2.19. The van der Waals surface area contributed by atoms with Gasteiger partial charge in [0.05, 0.1) is 35.8 Å². The summed E-state index contributed by atoms with van der Waals surface area (Å²) in [5, 5.41) is 15.7. The minimum absolute atomic E-state index is 0.0960. The molecule has 27 heavy (non-hydrogen) atoms. The largest absolute Gasteiger partial charge is 0.378 e. The predicted molar refractivity (Wildman–Crippen MR) is 103 cm³/mol. The summed E-state index contributed by atoms with van der Waals surface area (Å²) in [6.45, 7) is 6.30. The molecule has 1 aromatic carbocycles. The molecule has 0 aliphatic rings. The quantitative estimate of drug-likeness (QED) is 0.544. The van der Waals surface area contributed by atoms with Crippen LogP contribution in [0, 0.1) is 5.82 Å². The number of halogens is 1. The first kappa shape index (κ1) is 17.0. The van der Waals surface area contributed by atoms with Gasteiger partial charge in [-0.2, -0.15) is 10.2 Å². The summed E-state index contributed by atoms with van der Waals surface area (Å²) in [6, 6.07) is 6.30. The molecule has 0 fully saturated rings. The van der Waals surface area contributed by atoms with Crippen LogP contribution in [0.2, 0.25) is 0 Å². The highest BCUT2D eigenvalue weighted by atomic mass is 19.1. The molecule has 4 rings (SSSR count). The molecule has 6 nitrogen and oxygen atoms in total. The molecule has 2 N–H and O–H groups in total. The lowest BCUT2D eigenvalue weighted by molar-refractivity contribution is 0.614. The molecule has 0 spiro atoms. The number of nitrogens with one attached hydrogen (secondary N) is 2. The van der Waals surface area contributed by atoms with Crippen LogP contribution in [0.15, 0.2) is 61.8 Å². The fourth-order valence-electron chi connectivity index (χ4n) is 3.13. The van der Waals surface area contributed by atoms with Gasteiger partial charge < -0.3 is 5.32 Å². The third-order valence-corrected chi connectivity index (χ3v) is 4.57. The average molecular weight is 362 g/mol. The van der Waals surface area contributed by atoms with Gasteiger partial charge in [0.25, 0.3) is 0 Å². The molecule has 0 radical (unpaired) electrons. The normalized spacial score (nSPS) is 12.2. The van der Waals surface area contributed by atoms with Gasteiger partial charge in [-0.05, 0) is 30.7 Å². The van der Waals surface area contributed by atoms with Crippen molar-refractivity contribution in [1.82, 2.24) is 30.3 Å². The first-order valence-electron chi connectivity index (χ1n) is 8.69. The Labute approximate surface area is 155 Å². The maximum absolute atomic E-state index is 13.2. The Morgan fingerprint density at radius 2 is 2.04 bits per heavy atom. The highest BCUT2D eigenvalue weighted by molar-refractivity contribution is 5.90. The summed E-state index contributed by atoms with van der Waals surface area (Å²) in [7, 11) is 0. The maximum Gasteiger partial charge on any atom is 0.123 e. The van der Waals surface area contributed by atoms with Crippen molar-refractivity contribution in [3.05, 3.63) is 78.8 Å². The van der Waals surface area contributed by atoms with E-state index in [0.29, 0.717) is 0 Å². The first-order chi connectivity index (χ1) is 13.2. The van der Waals surface area contributed by atoms with Crippen molar-refractivity contribution in [3.63, 3.8) is 0 Å². The second-order valence-electron chi connectivity index (χ2n) is 6.27. The van der Waals surface area contributed by atoms with E-state index in [1.165, 1.54) is 12.1 Å². The molecule has 4 aromatic rings. The van der Waals surface area contributed by atoms with E-state index in [2.05, 4.69) is 39.1 Å². The Kier molecular flexibility index (Phi) is 4.42. The molecule has 0 saturated carbocycles. The van der Waals surface area contributed by atoms with Crippen LogP contribution in [-0.4, -0.2) is 25.0 Å². The molecule has 0 aliphatic heterocycles. The summed E-state index contributed by atoms with van der Waals surface area (Å²) in [6.07, 6.45) is 9.87. The van der Waals surface area contributed by atoms with E-state index >= 15 is 0 Å². The minimum Gasteiger partial charge on any atom is -0.378 e. The van der Waals surface area contributed by atoms with E-state index in [1.807, 2.05) is 6.20 Å². The third kappa shape index (κ3) is 3.19. The third-order valence-electron chi connectivity index (χ3n) is 4.57. The molecular weight excluding hydrogens is 343 g/mol. The first-order valence-corrected chi connectivity index (χ1v) is 8.69. The number of aromatic amines is 1. The Morgan fingerprint density at radius 3 is 2.74 bits per heavy atom. The molecular formula is C20H19FN6. The zero-order valence-corrected chi connectivity index (χ0v) is 14.9. The number of aromatic nitrogens is 5. The number of rotatable bonds is 6. The number of H-pyrrole nitrogens is 1. The molecule has 3 heterocycles. The van der Waals surface area contributed by atoms with Crippen LogP contribution in [0.1, 0.15) is 30.5 Å². The van der Waals surface area contributed by atoms with E-state index in [0.717, 1.165) is 39.8 Å². The van der Waals surface area contributed by atoms with Gasteiger partial charge in [0.1, 0.15) is 5.82 Å². The van der Waals surface area contributed by atoms with Crippen molar-refractivity contribution in [1.29, 1.82) is 0 Å². The summed E-state index contributed by atoms with van der Waals surface area (Å²) >= 11 is 0. The number of pyridine rings is 1. The van der Waals surface area contributed by atoms with Gasteiger partial charge in [0.15, 0.2) is 0 Å². The van der Waals surface area contributed by atoms with E-state index in [1.54, 1.807) is 41.6 Å². The number of fused-ring (bicyclic) bond motifs is 1. The van der Waals surface area contributed by atoms with E-state index in [-0.39, 0.29) is 11.9 Å². The van der Waals surface area contributed by atoms with Crippen LogP contribution in [0.3, 0.4) is 0 Å². The van der Waals surface area contributed by atoms with Crippen LogP contribution >= 0.6 is 0 Å². The number of benzene rings is 1. The van der Waals surface area contributed by atoms with Crippen LogP contribution in [0.4, 0.5) is 4.39 Å². The van der Waals surface area contributed by atoms with Crippen molar-refractivity contribution in [2.75, 3.05) is 0 Å². The second-order valence-corrected chi connectivity index (χ2v) is 6.27. The molecule has 7 heteroatoms. The van der Waals surface area contributed by atoms with Gasteiger partial charge in [-0.3, -0.25) is 10.1 Å². The zero-order valence-electron chi connectivity index (χ0n) is 14.9. The van der Waals surface area contributed by atoms with Crippen molar-refractivity contribution in [2.45, 2.75) is 19.4 Å². The van der Waals surface area contributed by atoms with Gasteiger partial charge in [0, 0.05) is 34.6 Å². The average Bonchev–Trinajstić information content (AvgIpc) is 3.36. The highest BCUT2D eigenvalue weighted by Crippen LogP contribution is 2.26. The van der Waals surface area contributed by atoms with Crippen molar-refractivity contribution in [3.8, 4) is 5.69 Å². The lowest BCUT2D eigenvalue weighted by Crippen LogP contribution is -2.18. The molecule has 0 aliphatic carbocycles. The van der Waals surface area contributed by atoms with Gasteiger partial charge in [0.2, 0.25) is 0 Å². The van der Waals surface area contributed by atoms with Gasteiger partial charge >= 0.3 is 0 Å². The Balaban J connectivity index is 1.68. The minimum atomic E-state index is -0.281. The highest BCUT2D eigenvalue weighted by Gasteiger charge is 2.15. The van der Waals surface area contributed by atoms with E-state index in [9.17, 15) is 4.39 Å². The fraction of sp³-hybridized carbons (Fsp3) is 0.150. The molecule has 0 saturated heterocycles. The zero-order chi connectivity index (χ0) is 18.8. The maximum atomic E-state index is 13.2. The Hall–Kier alpha value is -3.48. The Morgan fingerprint density at radius 1 is 1.22 bits per heavy atom. The lowest BCUT2D eigenvalue weighted by atomic mass is 10.1. The predicted octanol–water partition coefficient (Wildman–Crippen LogP) is 3.99. The monoisotopic (exact) mass is 362 g/mol. The number of hydrogen-bond acceptors (Lipinski definition) is 4. The van der Waals surface area contributed by atoms with E-state index < -0.39 is 0 Å². The molecule has 0 amide bonds. The van der Waals surface area contributed by atoms with Gasteiger partial charge in [-0.1, -0.05) is 13.5 Å². The number of hydrogen-bond donors (Lipinski definition) is 2. The smallest absolute Gasteiger partial charge is 0.123 e. The van der Waals surface area contributed by atoms with Crippen molar-refractivity contribution >= 4 is 16.6 Å². The standard InChI is InChI=1S/C20H19FN6/c1-3-19(14-8-23-24-9-14)26-13(2)17-10-22-12-20-18(17)11-25-27(20)16-6-4-15(21)5-7-16/h4-12,19,26H,2-3H2,1H3,(H,23,24)/t19-/m1/s1. The summed E-state index contributed by atoms with van der Waals surface area (Å²) in [5.41, 5.74) is 4.32. The van der Waals surface area contributed by atoms with Crippen LogP contribution < -0.4 is 5.32 Å². The summed E-state index contributed by atoms with van der Waals surface area (Å²) in [4.78, 5) is 4.35. The molecule has 1 atom stereocenters. The topological polar surface area (TPSA) is 71.4 Å². The summed E-state index contributed by atoms with van der Waals surface area (Å²) < 4.78 is 15.0. The number of nitrogens with zero attached hydrogens (tertiary/aromatic N) is 4. The van der Waals surface area contributed by atoms with E-state index in [4.69, 9.17) is 0 Å². The van der Waals surface area contributed by atoms with Gasteiger partial charge in [-0.25, -0.2) is 9.07 Å². The Bertz CT molecular complexity index is 1070. The summed E-state index contributed by atoms with van der Waals surface area (Å²) in [5.74, 6) is -0.281. The van der Waals surface area contributed by atoms with Crippen molar-refractivity contribution in [2.24, 2.45) is 0 Å². The van der Waals surface area contributed by atoms with Gasteiger partial charge in [-0.15, -0.1) is 0 Å². The van der Waals surface area contributed by atoms with Crippen molar-refractivity contribution < 1.29 is 4.39 Å². The van der Waals surface area contributed by atoms with Crippen LogP contribution in [0.25, 0.3) is 22.3 Å². The van der Waals surface area contributed by atoms with Crippen LogP contribution in [0.5, 0.6) is 0 Å².